The lowest BCUT2D eigenvalue weighted by Crippen LogP contribution is -2.39. The summed E-state index contributed by atoms with van der Waals surface area (Å²) in [5.74, 6) is -0.342. The maximum absolute atomic E-state index is 13.8. The molecule has 11 heteroatoms. The van der Waals surface area contributed by atoms with Crippen LogP contribution in [-0.4, -0.2) is 49.0 Å². The van der Waals surface area contributed by atoms with Crippen molar-refractivity contribution in [3.63, 3.8) is 0 Å². The average Bonchev–Trinajstić information content (AvgIpc) is 3.20. The Balaban J connectivity index is 1.89. The fourth-order valence-electron chi connectivity index (χ4n) is 4.12. The molecule has 0 amide bonds. The van der Waals surface area contributed by atoms with Crippen molar-refractivity contribution in [2.75, 3.05) is 27.4 Å². The van der Waals surface area contributed by atoms with E-state index in [1.807, 2.05) is 0 Å². The number of carbonyl (C=O) groups is 2. The first-order chi connectivity index (χ1) is 18.3. The molecule has 0 spiro atoms. The standard InChI is InChI=1S/C27H26N2O8S/c1-5-36-26(33)23-15(2)28-27-29(24(23)17-9-10-19(34-3)20(13-17)35-4)25(32)21(38-27)12-16-7-6-8-18(11-16)37-14-22(30)31/h6-13,24H,5,14H2,1-4H3,(H,30,31)/b21-12-/t24-/m1/s1. The first-order valence-corrected chi connectivity index (χ1v) is 12.4. The smallest absolute Gasteiger partial charge is 0.341 e. The second kappa shape index (κ2) is 11.3. The highest BCUT2D eigenvalue weighted by Gasteiger charge is 2.33. The molecule has 3 aromatic rings. The highest BCUT2D eigenvalue weighted by molar-refractivity contribution is 7.07. The summed E-state index contributed by atoms with van der Waals surface area (Å²) in [7, 11) is 3.03. The van der Waals surface area contributed by atoms with Gasteiger partial charge in [0, 0.05) is 0 Å². The van der Waals surface area contributed by atoms with Crippen molar-refractivity contribution in [3.8, 4) is 17.2 Å². The number of aliphatic carboxylic acids is 1. The number of carboxylic acid groups (broad SMARTS) is 1. The Morgan fingerprint density at radius 2 is 1.89 bits per heavy atom. The van der Waals surface area contributed by atoms with Crippen molar-refractivity contribution in [3.05, 3.63) is 84.5 Å². The van der Waals surface area contributed by atoms with Crippen molar-refractivity contribution in [1.82, 2.24) is 4.57 Å². The van der Waals surface area contributed by atoms with Gasteiger partial charge in [-0.2, -0.15) is 0 Å². The normalized spacial score (nSPS) is 14.9. The molecular formula is C27H26N2O8S. The Bertz CT molecular complexity index is 1600. The van der Waals surface area contributed by atoms with Crippen molar-refractivity contribution >= 4 is 29.4 Å². The van der Waals surface area contributed by atoms with E-state index in [-0.39, 0.29) is 17.7 Å². The second-order valence-corrected chi connectivity index (χ2v) is 9.18. The summed E-state index contributed by atoms with van der Waals surface area (Å²) < 4.78 is 23.3. The summed E-state index contributed by atoms with van der Waals surface area (Å²) in [6.07, 6.45) is 1.67. The van der Waals surface area contributed by atoms with Crippen LogP contribution in [0.3, 0.4) is 0 Å². The van der Waals surface area contributed by atoms with E-state index >= 15 is 0 Å². The van der Waals surface area contributed by atoms with E-state index < -0.39 is 24.6 Å². The van der Waals surface area contributed by atoms with Crippen LogP contribution < -0.4 is 29.1 Å². The topological polar surface area (TPSA) is 126 Å². The zero-order valence-corrected chi connectivity index (χ0v) is 22.0. The Hall–Kier alpha value is -4.38. The third-order valence-corrected chi connectivity index (χ3v) is 6.74. The molecule has 0 saturated carbocycles. The number of ether oxygens (including phenoxy) is 4. The second-order valence-electron chi connectivity index (χ2n) is 8.17. The highest BCUT2D eigenvalue weighted by Crippen LogP contribution is 2.36. The average molecular weight is 539 g/mol. The molecule has 0 bridgehead atoms. The number of hydrogen-bond donors (Lipinski definition) is 1. The third-order valence-electron chi connectivity index (χ3n) is 5.76. The molecule has 1 aromatic heterocycles. The predicted octanol–water partition coefficient (Wildman–Crippen LogP) is 2.28. The van der Waals surface area contributed by atoms with Gasteiger partial charge >= 0.3 is 11.9 Å². The quantitative estimate of drug-likeness (QED) is 0.412. The van der Waals surface area contributed by atoms with Gasteiger partial charge in [-0.15, -0.1) is 0 Å². The number of methoxy groups -OCH3 is 2. The van der Waals surface area contributed by atoms with E-state index in [4.69, 9.17) is 24.1 Å². The molecule has 0 radical (unpaired) electrons. The van der Waals surface area contributed by atoms with Crippen LogP contribution in [0.4, 0.5) is 0 Å². The summed E-state index contributed by atoms with van der Waals surface area (Å²) in [5.41, 5.74) is 1.61. The third kappa shape index (κ3) is 5.32. The summed E-state index contributed by atoms with van der Waals surface area (Å²) >= 11 is 1.18. The first-order valence-electron chi connectivity index (χ1n) is 11.6. The number of carboxylic acids is 1. The molecule has 0 aliphatic carbocycles. The molecule has 1 aliphatic heterocycles. The molecule has 1 N–H and O–H groups in total. The molecule has 2 heterocycles. The van der Waals surface area contributed by atoms with Crippen LogP contribution in [0.5, 0.6) is 17.2 Å². The number of benzene rings is 2. The molecule has 4 rings (SSSR count). The van der Waals surface area contributed by atoms with Gasteiger partial charge in [0.2, 0.25) is 0 Å². The molecule has 0 saturated heterocycles. The Kier molecular flexibility index (Phi) is 7.96. The Morgan fingerprint density at radius 1 is 1.13 bits per heavy atom. The minimum absolute atomic E-state index is 0.166. The minimum atomic E-state index is -1.09. The number of esters is 1. The number of allylic oxidation sites excluding steroid dienone is 1. The lowest BCUT2D eigenvalue weighted by atomic mass is 9.95. The molecule has 2 aromatic carbocycles. The Morgan fingerprint density at radius 3 is 2.58 bits per heavy atom. The maximum Gasteiger partial charge on any atom is 0.341 e. The molecule has 38 heavy (non-hydrogen) atoms. The number of aromatic nitrogens is 1. The summed E-state index contributed by atoms with van der Waals surface area (Å²) in [6.45, 7) is 3.11. The van der Waals surface area contributed by atoms with Gasteiger partial charge in [-0.1, -0.05) is 29.5 Å². The molecule has 0 fully saturated rings. The van der Waals surface area contributed by atoms with Crippen molar-refractivity contribution in [2.45, 2.75) is 19.9 Å². The monoisotopic (exact) mass is 538 g/mol. The fraction of sp³-hybridized carbons (Fsp3) is 0.259. The number of nitrogens with zero attached hydrogens (tertiary/aromatic N) is 2. The van der Waals surface area contributed by atoms with Gasteiger partial charge in [0.25, 0.3) is 5.56 Å². The van der Waals surface area contributed by atoms with Gasteiger partial charge in [-0.05, 0) is 55.3 Å². The van der Waals surface area contributed by atoms with Gasteiger partial charge in [-0.25, -0.2) is 14.6 Å². The fourth-order valence-corrected chi connectivity index (χ4v) is 5.17. The van der Waals surface area contributed by atoms with E-state index in [9.17, 15) is 14.4 Å². The van der Waals surface area contributed by atoms with E-state index in [2.05, 4.69) is 4.99 Å². The largest absolute Gasteiger partial charge is 0.493 e. The van der Waals surface area contributed by atoms with Crippen LogP contribution in [0.1, 0.15) is 31.0 Å². The summed E-state index contributed by atoms with van der Waals surface area (Å²) in [6, 6.07) is 11.1. The van der Waals surface area contributed by atoms with Gasteiger partial charge < -0.3 is 24.1 Å². The van der Waals surface area contributed by atoms with E-state index in [1.165, 1.54) is 30.1 Å². The zero-order chi connectivity index (χ0) is 27.4. The molecule has 1 atom stereocenters. The van der Waals surface area contributed by atoms with E-state index in [1.54, 1.807) is 62.4 Å². The summed E-state index contributed by atoms with van der Waals surface area (Å²) in [5, 5.41) is 8.87. The number of hydrogen-bond acceptors (Lipinski definition) is 9. The van der Waals surface area contributed by atoms with Crippen LogP contribution in [-0.2, 0) is 14.3 Å². The SMILES string of the molecule is CCOC(=O)C1=C(C)N=c2s/c(=C\c3cccc(OCC(=O)O)c3)c(=O)n2[C@@H]1c1ccc(OC)c(OC)c1. The van der Waals surface area contributed by atoms with Crippen LogP contribution in [0.25, 0.3) is 6.08 Å². The lowest BCUT2D eigenvalue weighted by Gasteiger charge is -2.25. The molecular weight excluding hydrogens is 512 g/mol. The predicted molar refractivity (Wildman–Crippen MR) is 140 cm³/mol. The number of fused-ring (bicyclic) bond motifs is 1. The minimum Gasteiger partial charge on any atom is -0.493 e. The maximum atomic E-state index is 13.8. The molecule has 10 nitrogen and oxygen atoms in total. The Labute approximate surface area is 221 Å². The molecule has 198 valence electrons. The van der Waals surface area contributed by atoms with Crippen LogP contribution in [0.15, 0.2) is 63.5 Å². The van der Waals surface area contributed by atoms with Crippen LogP contribution in [0.2, 0.25) is 0 Å². The van der Waals surface area contributed by atoms with Gasteiger partial charge in [0.15, 0.2) is 22.9 Å². The van der Waals surface area contributed by atoms with Gasteiger partial charge in [-0.3, -0.25) is 9.36 Å². The zero-order valence-electron chi connectivity index (χ0n) is 21.2. The van der Waals surface area contributed by atoms with Crippen molar-refractivity contribution in [1.29, 1.82) is 0 Å². The van der Waals surface area contributed by atoms with Crippen molar-refractivity contribution < 1.29 is 33.6 Å². The van der Waals surface area contributed by atoms with E-state index in [0.717, 1.165) is 0 Å². The number of carbonyl (C=O) groups excluding carboxylic acids is 1. The van der Waals surface area contributed by atoms with Gasteiger partial charge in [0.05, 0.1) is 42.7 Å². The van der Waals surface area contributed by atoms with Crippen LogP contribution in [0, 0.1) is 0 Å². The summed E-state index contributed by atoms with van der Waals surface area (Å²) in [4.78, 5) is 42.6. The first kappa shape index (κ1) is 26.7. The lowest BCUT2D eigenvalue weighted by molar-refractivity contribution is -0.140. The van der Waals surface area contributed by atoms with Crippen LogP contribution >= 0.6 is 11.3 Å². The highest BCUT2D eigenvalue weighted by atomic mass is 32.1. The van der Waals surface area contributed by atoms with E-state index in [0.29, 0.717) is 43.4 Å². The number of thiazole rings is 1. The van der Waals surface area contributed by atoms with Crippen molar-refractivity contribution in [2.24, 2.45) is 4.99 Å². The number of rotatable bonds is 9. The molecule has 0 unspecified atom stereocenters. The molecule has 1 aliphatic rings. The van der Waals surface area contributed by atoms with Gasteiger partial charge in [0.1, 0.15) is 5.75 Å².